The van der Waals surface area contributed by atoms with Crippen molar-refractivity contribution in [2.45, 2.75) is 38.3 Å². The van der Waals surface area contributed by atoms with Crippen LogP contribution in [0.1, 0.15) is 29.5 Å². The predicted octanol–water partition coefficient (Wildman–Crippen LogP) is 3.39. The SMILES string of the molecule is Cc1ccc2c(c1C)NC(=O)[C@@]21[C@@H]2C(=O)N(c3ccccc3Cl)C(=O)[C@H]2[C@H]2CCCN21. The molecule has 158 valence electrons. The Morgan fingerprint density at radius 3 is 2.61 bits per heavy atom. The maximum atomic E-state index is 13.9. The van der Waals surface area contributed by atoms with E-state index in [4.69, 9.17) is 11.6 Å². The molecule has 1 spiro atoms. The molecule has 3 fully saturated rings. The Bertz CT molecular complexity index is 1190. The minimum Gasteiger partial charge on any atom is -0.324 e. The van der Waals surface area contributed by atoms with Gasteiger partial charge in [0.25, 0.3) is 0 Å². The molecule has 4 aliphatic heterocycles. The van der Waals surface area contributed by atoms with Crippen molar-refractivity contribution in [1.29, 1.82) is 0 Å². The molecule has 0 aromatic heterocycles. The Morgan fingerprint density at radius 1 is 1.06 bits per heavy atom. The fourth-order valence-electron chi connectivity index (χ4n) is 6.39. The summed E-state index contributed by atoms with van der Waals surface area (Å²) in [4.78, 5) is 44.6. The second kappa shape index (κ2) is 6.17. The van der Waals surface area contributed by atoms with Crippen LogP contribution in [0.4, 0.5) is 11.4 Å². The molecule has 0 aliphatic carbocycles. The van der Waals surface area contributed by atoms with E-state index < -0.39 is 17.4 Å². The lowest BCUT2D eigenvalue weighted by Gasteiger charge is -2.36. The Morgan fingerprint density at radius 2 is 1.84 bits per heavy atom. The van der Waals surface area contributed by atoms with Gasteiger partial charge in [0.2, 0.25) is 17.7 Å². The van der Waals surface area contributed by atoms with Crippen molar-refractivity contribution < 1.29 is 14.4 Å². The van der Waals surface area contributed by atoms with Gasteiger partial charge in [0.1, 0.15) is 5.54 Å². The Balaban J connectivity index is 1.59. The van der Waals surface area contributed by atoms with Crippen LogP contribution in [0.5, 0.6) is 0 Å². The van der Waals surface area contributed by atoms with E-state index in [9.17, 15) is 14.4 Å². The number of amides is 3. The van der Waals surface area contributed by atoms with Crippen LogP contribution < -0.4 is 10.2 Å². The van der Waals surface area contributed by atoms with E-state index in [1.807, 2.05) is 26.0 Å². The quantitative estimate of drug-likeness (QED) is 0.697. The van der Waals surface area contributed by atoms with E-state index in [1.165, 1.54) is 4.90 Å². The van der Waals surface area contributed by atoms with E-state index in [0.29, 0.717) is 17.3 Å². The molecule has 31 heavy (non-hydrogen) atoms. The summed E-state index contributed by atoms with van der Waals surface area (Å²) in [6.07, 6.45) is 1.70. The number of para-hydroxylation sites is 1. The molecular weight excluding hydrogens is 414 g/mol. The minimum atomic E-state index is -1.15. The number of anilines is 2. The number of benzene rings is 2. The lowest BCUT2D eigenvalue weighted by Crippen LogP contribution is -2.54. The number of aryl methyl sites for hydroxylation is 1. The molecule has 0 unspecified atom stereocenters. The molecule has 4 heterocycles. The van der Waals surface area contributed by atoms with Crippen LogP contribution in [-0.2, 0) is 19.9 Å². The summed E-state index contributed by atoms with van der Waals surface area (Å²) in [7, 11) is 0. The van der Waals surface area contributed by atoms with Gasteiger partial charge < -0.3 is 5.32 Å². The van der Waals surface area contributed by atoms with Crippen molar-refractivity contribution in [2.75, 3.05) is 16.8 Å². The Hall–Kier alpha value is -2.70. The monoisotopic (exact) mass is 435 g/mol. The van der Waals surface area contributed by atoms with Crippen LogP contribution in [-0.4, -0.2) is 35.2 Å². The van der Waals surface area contributed by atoms with Gasteiger partial charge in [-0.2, -0.15) is 0 Å². The fraction of sp³-hybridized carbons (Fsp3) is 0.375. The molecule has 4 atom stereocenters. The zero-order valence-electron chi connectivity index (χ0n) is 17.3. The first-order valence-electron chi connectivity index (χ1n) is 10.7. The highest BCUT2D eigenvalue weighted by Gasteiger charge is 2.74. The number of nitrogens with zero attached hydrogens (tertiary/aromatic N) is 2. The first-order valence-corrected chi connectivity index (χ1v) is 11.1. The van der Waals surface area contributed by atoms with E-state index in [2.05, 4.69) is 10.2 Å². The molecule has 0 bridgehead atoms. The highest BCUT2D eigenvalue weighted by molar-refractivity contribution is 6.36. The van der Waals surface area contributed by atoms with Gasteiger partial charge in [-0.25, -0.2) is 4.90 Å². The third-order valence-corrected chi connectivity index (χ3v) is 8.11. The molecule has 3 amide bonds. The summed E-state index contributed by atoms with van der Waals surface area (Å²) >= 11 is 6.37. The van der Waals surface area contributed by atoms with Crippen LogP contribution >= 0.6 is 11.6 Å². The lowest BCUT2D eigenvalue weighted by molar-refractivity contribution is -0.135. The minimum absolute atomic E-state index is 0.132. The average Bonchev–Trinajstić information content (AvgIpc) is 3.45. The standard InChI is InChI=1S/C24H22ClN3O3/c1-12-9-10-14-20(13(12)2)26-23(31)24(14)19-18(17-8-5-11-27(17)24)21(29)28(22(19)30)16-7-4-3-6-15(16)25/h3-4,6-7,9-10,17-19H,5,8,11H2,1-2H3,(H,26,31)/t17-,18+,19+,24+/m1/s1. The second-order valence-corrected chi connectivity index (χ2v) is 9.43. The molecule has 1 N–H and O–H groups in total. The van der Waals surface area contributed by atoms with E-state index in [1.54, 1.807) is 24.3 Å². The number of halogens is 1. The molecule has 6 rings (SSSR count). The summed E-state index contributed by atoms with van der Waals surface area (Å²) in [6.45, 7) is 4.69. The van der Waals surface area contributed by atoms with Crippen molar-refractivity contribution in [2.24, 2.45) is 11.8 Å². The zero-order valence-corrected chi connectivity index (χ0v) is 18.1. The highest BCUT2D eigenvalue weighted by atomic mass is 35.5. The molecule has 7 heteroatoms. The smallest absolute Gasteiger partial charge is 0.250 e. The van der Waals surface area contributed by atoms with Crippen molar-refractivity contribution in [1.82, 2.24) is 4.90 Å². The van der Waals surface area contributed by atoms with E-state index >= 15 is 0 Å². The number of rotatable bonds is 1. The number of hydrogen-bond donors (Lipinski definition) is 1. The molecule has 0 saturated carbocycles. The van der Waals surface area contributed by atoms with Crippen LogP contribution in [0.15, 0.2) is 36.4 Å². The van der Waals surface area contributed by atoms with Crippen LogP contribution in [0.25, 0.3) is 0 Å². The normalized spacial score (nSPS) is 31.4. The van der Waals surface area contributed by atoms with Gasteiger partial charge in [-0.1, -0.05) is 35.9 Å². The first-order chi connectivity index (χ1) is 14.9. The van der Waals surface area contributed by atoms with Crippen LogP contribution in [0.2, 0.25) is 5.02 Å². The molecule has 6 nitrogen and oxygen atoms in total. The maximum absolute atomic E-state index is 13.9. The summed E-state index contributed by atoms with van der Waals surface area (Å²) in [5.74, 6) is -2.09. The molecular formula is C24H22ClN3O3. The van der Waals surface area contributed by atoms with Gasteiger partial charge in [0, 0.05) is 17.3 Å². The lowest BCUT2D eigenvalue weighted by atomic mass is 9.75. The van der Waals surface area contributed by atoms with Gasteiger partial charge in [-0.05, 0) is 56.5 Å². The summed E-state index contributed by atoms with van der Waals surface area (Å²) < 4.78 is 0. The van der Waals surface area contributed by atoms with Crippen molar-refractivity contribution in [3.05, 3.63) is 58.1 Å². The van der Waals surface area contributed by atoms with Crippen molar-refractivity contribution in [3.63, 3.8) is 0 Å². The molecule has 2 aromatic carbocycles. The summed E-state index contributed by atoms with van der Waals surface area (Å²) in [6, 6.07) is 10.7. The van der Waals surface area contributed by atoms with Gasteiger partial charge in [-0.3, -0.25) is 19.3 Å². The van der Waals surface area contributed by atoms with Crippen molar-refractivity contribution >= 4 is 40.7 Å². The zero-order chi connectivity index (χ0) is 21.7. The first kappa shape index (κ1) is 19.0. The van der Waals surface area contributed by atoms with Gasteiger partial charge >= 0.3 is 0 Å². The predicted molar refractivity (Wildman–Crippen MR) is 117 cm³/mol. The Kier molecular flexibility index (Phi) is 3.79. The average molecular weight is 436 g/mol. The topological polar surface area (TPSA) is 69.7 Å². The van der Waals surface area contributed by atoms with Crippen LogP contribution in [0, 0.1) is 25.7 Å². The largest absolute Gasteiger partial charge is 0.324 e. The molecule has 3 saturated heterocycles. The number of fused-ring (bicyclic) bond motifs is 7. The molecule has 4 aliphatic rings. The van der Waals surface area contributed by atoms with Gasteiger partial charge in [0.15, 0.2) is 0 Å². The highest BCUT2D eigenvalue weighted by Crippen LogP contribution is 2.61. The maximum Gasteiger partial charge on any atom is 0.250 e. The third-order valence-electron chi connectivity index (χ3n) is 7.79. The summed E-state index contributed by atoms with van der Waals surface area (Å²) in [5.41, 5.74) is 2.93. The van der Waals surface area contributed by atoms with E-state index in [0.717, 1.165) is 35.2 Å². The number of hydrogen-bond acceptors (Lipinski definition) is 4. The van der Waals surface area contributed by atoms with Gasteiger partial charge in [-0.15, -0.1) is 0 Å². The molecule has 2 aromatic rings. The second-order valence-electron chi connectivity index (χ2n) is 9.02. The Labute approximate surface area is 185 Å². The third kappa shape index (κ3) is 2.10. The van der Waals surface area contributed by atoms with Crippen molar-refractivity contribution in [3.8, 4) is 0 Å². The molecule has 0 radical (unpaired) electrons. The fourth-order valence-corrected chi connectivity index (χ4v) is 6.61. The van der Waals surface area contributed by atoms with E-state index in [-0.39, 0.29) is 23.8 Å². The van der Waals surface area contributed by atoms with Gasteiger partial charge in [0.05, 0.1) is 22.5 Å². The number of imide groups is 1. The summed E-state index contributed by atoms with van der Waals surface area (Å²) in [5, 5.41) is 3.43. The number of nitrogens with one attached hydrogen (secondary N) is 1. The van der Waals surface area contributed by atoms with Crippen LogP contribution in [0.3, 0.4) is 0 Å². The number of carbonyl (C=O) groups excluding carboxylic acids is 3. The number of carbonyl (C=O) groups is 3.